The minimum Gasteiger partial charge on any atom is -0.495 e. The van der Waals surface area contributed by atoms with E-state index in [1.807, 2.05) is 18.2 Å². The highest BCUT2D eigenvalue weighted by Crippen LogP contribution is 2.38. The van der Waals surface area contributed by atoms with Crippen LogP contribution in [0, 0.1) is 11.8 Å². The van der Waals surface area contributed by atoms with Gasteiger partial charge < -0.3 is 25.0 Å². The molecule has 2 aromatic carbocycles. The molecule has 1 aliphatic rings. The van der Waals surface area contributed by atoms with Crippen molar-refractivity contribution in [2.75, 3.05) is 57.6 Å². The summed E-state index contributed by atoms with van der Waals surface area (Å²) in [4.78, 5) is 2.93. The van der Waals surface area contributed by atoms with Crippen molar-refractivity contribution in [3.63, 3.8) is 0 Å². The van der Waals surface area contributed by atoms with Gasteiger partial charge in [-0.1, -0.05) is 24.0 Å². The number of sulfonamides is 1. The second-order valence-corrected chi connectivity index (χ2v) is 12.1. The van der Waals surface area contributed by atoms with Gasteiger partial charge in [0.05, 0.1) is 46.1 Å². The van der Waals surface area contributed by atoms with Gasteiger partial charge in [0.2, 0.25) is 16.4 Å². The van der Waals surface area contributed by atoms with Gasteiger partial charge in [-0.25, -0.2) is 22.3 Å². The van der Waals surface area contributed by atoms with E-state index in [0.29, 0.717) is 27.9 Å². The van der Waals surface area contributed by atoms with Crippen LogP contribution in [0.2, 0.25) is 0 Å². The van der Waals surface area contributed by atoms with Crippen LogP contribution in [0.25, 0.3) is 10.1 Å². The molecule has 12 heteroatoms. The first-order valence-corrected chi connectivity index (χ1v) is 15.3. The molecule has 0 bridgehead atoms. The molecule has 40 heavy (non-hydrogen) atoms. The van der Waals surface area contributed by atoms with Gasteiger partial charge in [0, 0.05) is 45.3 Å². The Morgan fingerprint density at radius 3 is 2.62 bits per heavy atom. The summed E-state index contributed by atoms with van der Waals surface area (Å²) in [7, 11) is -0.737. The normalized spacial score (nSPS) is 14.8. The maximum Gasteiger partial charge on any atom is 0.242 e. The number of thiophene rings is 1. The topological polar surface area (TPSA) is 106 Å². The summed E-state index contributed by atoms with van der Waals surface area (Å²) in [5.41, 5.74) is 2.03. The Balaban J connectivity index is 1.51. The smallest absolute Gasteiger partial charge is 0.242 e. The molecule has 0 saturated carbocycles. The standard InChI is InChI=1S/C28H34F2N4O4S2/c1-37-16-15-34-13-10-19(11-14-34)33-24-6-3-5-21-22(18-27(29)30)26(39-28(21)24)7-4-12-32-23-9-8-20(40(31,35)36)17-25(23)38-2/h3,5-6,8-9,17,19,27,32-33H,10-16,18H2,1-2H3,(H2,31,35,36). The first-order valence-electron chi connectivity index (χ1n) is 12.9. The molecule has 4 N–H and O–H groups in total. The number of anilines is 2. The van der Waals surface area contributed by atoms with Crippen molar-refractivity contribution in [1.29, 1.82) is 0 Å². The molecule has 4 rings (SSSR count). The zero-order valence-corrected chi connectivity index (χ0v) is 24.1. The van der Waals surface area contributed by atoms with E-state index >= 15 is 0 Å². The highest BCUT2D eigenvalue weighted by Gasteiger charge is 2.22. The van der Waals surface area contributed by atoms with Crippen LogP contribution in [0.1, 0.15) is 23.3 Å². The number of methoxy groups -OCH3 is 2. The van der Waals surface area contributed by atoms with Crippen LogP contribution in [0.3, 0.4) is 0 Å². The monoisotopic (exact) mass is 592 g/mol. The zero-order valence-electron chi connectivity index (χ0n) is 22.5. The lowest BCUT2D eigenvalue weighted by molar-refractivity contribution is 0.132. The summed E-state index contributed by atoms with van der Waals surface area (Å²) >= 11 is 1.42. The molecule has 0 atom stereocenters. The third kappa shape index (κ3) is 7.62. The highest BCUT2D eigenvalue weighted by molar-refractivity contribution is 7.89. The quantitative estimate of drug-likeness (QED) is 0.284. The number of fused-ring (bicyclic) bond motifs is 1. The van der Waals surface area contributed by atoms with Crippen LogP contribution in [0.4, 0.5) is 20.2 Å². The van der Waals surface area contributed by atoms with Crippen molar-refractivity contribution >= 4 is 42.8 Å². The highest BCUT2D eigenvalue weighted by atomic mass is 32.2. The zero-order chi connectivity index (χ0) is 28.7. The summed E-state index contributed by atoms with van der Waals surface area (Å²) in [6.45, 7) is 3.80. The summed E-state index contributed by atoms with van der Waals surface area (Å²) in [5, 5.41) is 12.7. The second kappa shape index (κ2) is 13.6. The van der Waals surface area contributed by atoms with Gasteiger partial charge in [-0.05, 0) is 42.0 Å². The summed E-state index contributed by atoms with van der Waals surface area (Å²) in [5.74, 6) is 6.39. The van der Waals surface area contributed by atoms with E-state index in [9.17, 15) is 17.2 Å². The number of nitrogens with two attached hydrogens (primary N) is 1. The van der Waals surface area contributed by atoms with Crippen LogP contribution < -0.4 is 20.5 Å². The lowest BCUT2D eigenvalue weighted by Crippen LogP contribution is -2.40. The van der Waals surface area contributed by atoms with Crippen molar-refractivity contribution < 1.29 is 26.7 Å². The van der Waals surface area contributed by atoms with Crippen molar-refractivity contribution in [2.24, 2.45) is 5.14 Å². The first kappa shape index (κ1) is 30.0. The predicted molar refractivity (Wildman–Crippen MR) is 156 cm³/mol. The van der Waals surface area contributed by atoms with Gasteiger partial charge in [-0.2, -0.15) is 0 Å². The number of benzene rings is 2. The van der Waals surface area contributed by atoms with Gasteiger partial charge >= 0.3 is 0 Å². The summed E-state index contributed by atoms with van der Waals surface area (Å²) in [6.07, 6.45) is -0.877. The fourth-order valence-electron chi connectivity index (χ4n) is 4.74. The van der Waals surface area contributed by atoms with E-state index in [1.54, 1.807) is 13.2 Å². The van der Waals surface area contributed by atoms with E-state index in [-0.39, 0.29) is 17.9 Å². The van der Waals surface area contributed by atoms with Crippen molar-refractivity contribution in [3.8, 4) is 17.6 Å². The Kier molecular flexibility index (Phi) is 10.2. The molecule has 0 radical (unpaired) electrons. The molecule has 1 fully saturated rings. The molecule has 1 aliphatic heterocycles. The fraction of sp³-hybridized carbons (Fsp3) is 0.429. The van der Waals surface area contributed by atoms with Gasteiger partial charge in [0.25, 0.3) is 0 Å². The number of alkyl halides is 2. The minimum atomic E-state index is -3.87. The van der Waals surface area contributed by atoms with Crippen LogP contribution in [0.15, 0.2) is 41.3 Å². The average molecular weight is 593 g/mol. The Hall–Kier alpha value is -2.95. The number of nitrogens with zero attached hydrogens (tertiary/aromatic N) is 1. The number of hydrogen-bond acceptors (Lipinski definition) is 8. The molecular weight excluding hydrogens is 558 g/mol. The van der Waals surface area contributed by atoms with Gasteiger partial charge in [0.1, 0.15) is 5.75 Å². The Labute approximate surface area is 237 Å². The van der Waals surface area contributed by atoms with Crippen LogP contribution >= 0.6 is 11.3 Å². The molecule has 3 aromatic rings. The Morgan fingerprint density at radius 2 is 1.95 bits per heavy atom. The third-order valence-corrected chi connectivity index (χ3v) is 8.91. The second-order valence-electron chi connectivity index (χ2n) is 9.50. The molecule has 2 heterocycles. The summed E-state index contributed by atoms with van der Waals surface area (Å²) in [6, 6.07) is 10.3. The molecule has 8 nitrogen and oxygen atoms in total. The first-order chi connectivity index (χ1) is 19.2. The van der Waals surface area contributed by atoms with Gasteiger partial charge in [-0.3, -0.25) is 0 Å². The van der Waals surface area contributed by atoms with Crippen LogP contribution in [-0.2, 0) is 21.2 Å². The van der Waals surface area contributed by atoms with Crippen LogP contribution in [-0.4, -0.2) is 72.8 Å². The van der Waals surface area contributed by atoms with Crippen molar-refractivity contribution in [2.45, 2.75) is 36.6 Å². The SMILES string of the molecule is COCCN1CCC(Nc2cccc3c(CC(F)F)c(C#CCNc4ccc(S(N)(=O)=O)cc4OC)sc23)CC1. The molecule has 0 aliphatic carbocycles. The molecule has 1 saturated heterocycles. The average Bonchev–Trinajstić information content (AvgIpc) is 3.27. The minimum absolute atomic E-state index is 0.0658. The number of hydrogen-bond donors (Lipinski definition) is 3. The fourth-order valence-corrected chi connectivity index (χ4v) is 6.45. The Bertz CT molecular complexity index is 1480. The number of nitrogens with one attached hydrogen (secondary N) is 2. The maximum absolute atomic E-state index is 13.6. The maximum atomic E-state index is 13.6. The van der Waals surface area contributed by atoms with Crippen LogP contribution in [0.5, 0.6) is 5.75 Å². The number of ether oxygens (including phenoxy) is 2. The number of primary sulfonamides is 1. The molecular formula is C28H34F2N4O4S2. The van der Waals surface area contributed by atoms with E-state index in [4.69, 9.17) is 14.6 Å². The molecule has 1 aromatic heterocycles. The van der Waals surface area contributed by atoms with E-state index in [2.05, 4.69) is 27.4 Å². The van der Waals surface area contributed by atoms with Crippen molar-refractivity contribution in [1.82, 2.24) is 4.90 Å². The summed E-state index contributed by atoms with van der Waals surface area (Å²) < 4.78 is 61.7. The van der Waals surface area contributed by atoms with E-state index in [0.717, 1.165) is 54.9 Å². The molecule has 0 amide bonds. The largest absolute Gasteiger partial charge is 0.495 e. The number of halogens is 2. The van der Waals surface area contributed by atoms with Gasteiger partial charge in [0.15, 0.2) is 0 Å². The predicted octanol–water partition coefficient (Wildman–Crippen LogP) is 4.35. The van der Waals surface area contributed by atoms with E-state index < -0.39 is 16.4 Å². The number of likely N-dealkylation sites (tertiary alicyclic amines) is 1. The molecule has 0 spiro atoms. The van der Waals surface area contributed by atoms with Crippen molar-refractivity contribution in [3.05, 3.63) is 46.8 Å². The number of rotatable bonds is 11. The molecule has 0 unspecified atom stereocenters. The lowest BCUT2D eigenvalue weighted by atomic mass is 10.0. The van der Waals surface area contributed by atoms with E-state index in [1.165, 1.54) is 30.6 Å². The molecule has 216 valence electrons. The third-order valence-electron chi connectivity index (χ3n) is 6.81. The lowest BCUT2D eigenvalue weighted by Gasteiger charge is -2.32. The Morgan fingerprint density at radius 1 is 1.18 bits per heavy atom. The number of piperidine rings is 1. The van der Waals surface area contributed by atoms with Gasteiger partial charge in [-0.15, -0.1) is 11.3 Å².